The van der Waals surface area contributed by atoms with Crippen molar-refractivity contribution in [3.8, 4) is 0 Å². The molecule has 2 bridgehead atoms. The molecule has 2 rings (SSSR count). The molecule has 4 atom stereocenters. The summed E-state index contributed by atoms with van der Waals surface area (Å²) >= 11 is 0. The van der Waals surface area contributed by atoms with Crippen LogP contribution in [0.5, 0.6) is 0 Å². The van der Waals surface area contributed by atoms with Crippen molar-refractivity contribution in [2.24, 2.45) is 23.7 Å². The molecule has 2 aliphatic rings. The first kappa shape index (κ1) is 13.8. The Morgan fingerprint density at radius 2 is 2.00 bits per heavy atom. The number of allylic oxidation sites excluding steroid dienone is 2. The fourth-order valence-electron chi connectivity index (χ4n) is 3.10. The molecule has 0 radical (unpaired) electrons. The van der Waals surface area contributed by atoms with Crippen molar-refractivity contribution in [2.45, 2.75) is 26.4 Å². The van der Waals surface area contributed by atoms with E-state index in [1.165, 1.54) is 0 Å². The topological polar surface area (TPSA) is 55.4 Å². The van der Waals surface area contributed by atoms with E-state index in [1.54, 1.807) is 6.08 Å². The molecule has 0 unspecified atom stereocenters. The number of hydrogen-bond donors (Lipinski definition) is 1. The molecule has 1 amide bonds. The summed E-state index contributed by atoms with van der Waals surface area (Å²) in [6.45, 7) is 7.67. The molecule has 0 spiro atoms. The number of carbonyl (C=O) groups is 2. The summed E-state index contributed by atoms with van der Waals surface area (Å²) < 4.78 is 5.30. The monoisotopic (exact) mass is 263 g/mol. The number of nitrogens with one attached hydrogen (secondary N) is 1. The van der Waals surface area contributed by atoms with Crippen molar-refractivity contribution >= 4 is 11.9 Å². The Kier molecular flexibility index (Phi) is 4.08. The predicted molar refractivity (Wildman–Crippen MR) is 72.2 cm³/mol. The van der Waals surface area contributed by atoms with Crippen LogP contribution in [0.1, 0.15) is 20.3 Å². The minimum absolute atomic E-state index is 0.0672. The normalized spacial score (nSPS) is 31.5. The van der Waals surface area contributed by atoms with Crippen LogP contribution >= 0.6 is 0 Å². The second kappa shape index (κ2) is 5.59. The van der Waals surface area contributed by atoms with Crippen LogP contribution in [0.3, 0.4) is 0 Å². The van der Waals surface area contributed by atoms with Gasteiger partial charge in [0.25, 0.3) is 0 Å². The molecule has 104 valence electrons. The Morgan fingerprint density at radius 1 is 1.37 bits per heavy atom. The maximum absolute atomic E-state index is 12.2. The molecule has 4 nitrogen and oxygen atoms in total. The van der Waals surface area contributed by atoms with Crippen LogP contribution in [0.4, 0.5) is 0 Å². The van der Waals surface area contributed by atoms with E-state index in [2.05, 4.69) is 18.0 Å². The van der Waals surface area contributed by atoms with Gasteiger partial charge in [-0.3, -0.25) is 9.59 Å². The highest BCUT2D eigenvalue weighted by Crippen LogP contribution is 2.48. The summed E-state index contributed by atoms with van der Waals surface area (Å²) in [5.74, 6) is -0.619. The van der Waals surface area contributed by atoms with E-state index >= 15 is 0 Å². The number of hydrogen-bond acceptors (Lipinski definition) is 3. The highest BCUT2D eigenvalue weighted by molar-refractivity contribution is 5.87. The highest BCUT2D eigenvalue weighted by Gasteiger charge is 2.52. The second-order valence-electron chi connectivity index (χ2n) is 5.52. The number of fused-ring (bicyclic) bond motifs is 2. The lowest BCUT2D eigenvalue weighted by atomic mass is 9.82. The van der Waals surface area contributed by atoms with E-state index in [0.717, 1.165) is 6.42 Å². The first-order chi connectivity index (χ1) is 9.04. The van der Waals surface area contributed by atoms with Crippen molar-refractivity contribution < 1.29 is 14.3 Å². The molecular weight excluding hydrogens is 242 g/mol. The molecule has 4 heteroatoms. The van der Waals surface area contributed by atoms with Gasteiger partial charge in [-0.25, -0.2) is 0 Å². The van der Waals surface area contributed by atoms with Crippen molar-refractivity contribution in [1.82, 2.24) is 5.32 Å². The Bertz CT molecular complexity index is 414. The van der Waals surface area contributed by atoms with Crippen molar-refractivity contribution in [3.05, 3.63) is 24.8 Å². The third kappa shape index (κ3) is 2.72. The Hall–Kier alpha value is -1.58. The molecule has 0 heterocycles. The number of rotatable bonds is 5. The molecule has 0 aromatic rings. The molecule has 1 fully saturated rings. The van der Waals surface area contributed by atoms with Gasteiger partial charge in [0.15, 0.2) is 0 Å². The van der Waals surface area contributed by atoms with Crippen LogP contribution in [0.15, 0.2) is 24.8 Å². The van der Waals surface area contributed by atoms with Gasteiger partial charge in [-0.2, -0.15) is 0 Å². The lowest BCUT2D eigenvalue weighted by Crippen LogP contribution is -2.41. The van der Waals surface area contributed by atoms with E-state index in [1.807, 2.05) is 19.9 Å². The number of amides is 1. The maximum atomic E-state index is 12.2. The van der Waals surface area contributed by atoms with Crippen LogP contribution in [0.25, 0.3) is 0 Å². The van der Waals surface area contributed by atoms with Crippen LogP contribution in [-0.4, -0.2) is 24.5 Å². The van der Waals surface area contributed by atoms with Gasteiger partial charge in [-0.05, 0) is 32.1 Å². The lowest BCUT2D eigenvalue weighted by molar-refractivity contribution is -0.157. The summed E-state index contributed by atoms with van der Waals surface area (Å²) in [5.41, 5.74) is 0. The first-order valence-corrected chi connectivity index (χ1v) is 6.82. The molecule has 0 aliphatic heterocycles. The van der Waals surface area contributed by atoms with E-state index < -0.39 is 0 Å². The van der Waals surface area contributed by atoms with E-state index in [4.69, 9.17) is 4.74 Å². The third-order valence-electron chi connectivity index (χ3n) is 3.81. The van der Waals surface area contributed by atoms with Gasteiger partial charge in [-0.1, -0.05) is 18.2 Å². The van der Waals surface area contributed by atoms with Crippen LogP contribution in [0, 0.1) is 23.7 Å². The molecule has 0 aromatic heterocycles. The molecule has 19 heavy (non-hydrogen) atoms. The second-order valence-corrected chi connectivity index (χ2v) is 5.52. The van der Waals surface area contributed by atoms with Crippen LogP contribution in [0.2, 0.25) is 0 Å². The predicted octanol–water partition coefficient (Wildman–Crippen LogP) is 1.68. The van der Waals surface area contributed by atoms with Gasteiger partial charge < -0.3 is 10.1 Å². The fourth-order valence-corrected chi connectivity index (χ4v) is 3.10. The number of carbonyl (C=O) groups excluding carboxylic acids is 2. The number of ether oxygens (including phenoxy) is 1. The summed E-state index contributed by atoms with van der Waals surface area (Å²) in [5, 5.41) is 2.80. The average molecular weight is 263 g/mol. The van der Waals surface area contributed by atoms with Gasteiger partial charge in [0, 0.05) is 6.54 Å². The molecule has 1 saturated carbocycles. The SMILES string of the molecule is C=CCNC(=O)[C@@H]1[C@H](C(=O)OC(C)C)[C@@H]2C=C[C@H]1C2. The van der Waals surface area contributed by atoms with Crippen molar-refractivity contribution in [2.75, 3.05) is 6.54 Å². The Morgan fingerprint density at radius 3 is 2.58 bits per heavy atom. The zero-order chi connectivity index (χ0) is 14.0. The van der Waals surface area contributed by atoms with Gasteiger partial charge in [0.1, 0.15) is 0 Å². The van der Waals surface area contributed by atoms with Gasteiger partial charge in [-0.15, -0.1) is 6.58 Å². The Balaban J connectivity index is 2.11. The summed E-state index contributed by atoms with van der Waals surface area (Å²) in [7, 11) is 0. The van der Waals surface area contributed by atoms with Gasteiger partial charge in [0.2, 0.25) is 5.91 Å². The molecule has 2 aliphatic carbocycles. The highest BCUT2D eigenvalue weighted by atomic mass is 16.5. The summed E-state index contributed by atoms with van der Waals surface area (Å²) in [6, 6.07) is 0. The van der Waals surface area contributed by atoms with E-state index in [0.29, 0.717) is 6.54 Å². The molecular formula is C15H21NO3. The van der Waals surface area contributed by atoms with Crippen LogP contribution in [-0.2, 0) is 14.3 Å². The van der Waals surface area contributed by atoms with Gasteiger partial charge in [0.05, 0.1) is 17.9 Å². The largest absolute Gasteiger partial charge is 0.463 e. The van der Waals surface area contributed by atoms with Crippen molar-refractivity contribution in [1.29, 1.82) is 0 Å². The van der Waals surface area contributed by atoms with Gasteiger partial charge >= 0.3 is 5.97 Å². The lowest BCUT2D eigenvalue weighted by Gasteiger charge is -2.26. The zero-order valence-electron chi connectivity index (χ0n) is 11.5. The molecule has 1 N–H and O–H groups in total. The molecule has 0 aromatic carbocycles. The standard InChI is InChI=1S/C15H21NO3/c1-4-7-16-14(17)12-10-5-6-11(8-10)13(12)15(18)19-9(2)3/h4-6,9-13H,1,7-8H2,2-3H3,(H,16,17)/t10-,11+,12-,13+/m0/s1. The first-order valence-electron chi connectivity index (χ1n) is 6.82. The molecule has 0 saturated heterocycles. The minimum Gasteiger partial charge on any atom is -0.463 e. The van der Waals surface area contributed by atoms with E-state index in [9.17, 15) is 9.59 Å². The van der Waals surface area contributed by atoms with Crippen LogP contribution < -0.4 is 5.32 Å². The van der Waals surface area contributed by atoms with E-state index in [-0.39, 0.29) is 41.7 Å². The zero-order valence-corrected chi connectivity index (χ0v) is 11.5. The Labute approximate surface area is 113 Å². The number of esters is 1. The summed E-state index contributed by atoms with van der Waals surface area (Å²) in [4.78, 5) is 24.4. The van der Waals surface area contributed by atoms with Crippen molar-refractivity contribution in [3.63, 3.8) is 0 Å². The maximum Gasteiger partial charge on any atom is 0.310 e. The fraction of sp³-hybridized carbons (Fsp3) is 0.600. The quantitative estimate of drug-likeness (QED) is 0.606. The minimum atomic E-state index is -0.331. The third-order valence-corrected chi connectivity index (χ3v) is 3.81. The summed E-state index contributed by atoms with van der Waals surface area (Å²) in [6.07, 6.45) is 6.48. The smallest absolute Gasteiger partial charge is 0.310 e. The average Bonchev–Trinajstić information content (AvgIpc) is 2.94.